The molecule has 2 aromatic rings. The third-order valence-electron chi connectivity index (χ3n) is 5.62. The van der Waals surface area contributed by atoms with Crippen LogP contribution in [0.15, 0.2) is 42.5 Å². The molecule has 0 radical (unpaired) electrons. The predicted molar refractivity (Wildman–Crippen MR) is 135 cm³/mol. The van der Waals surface area contributed by atoms with E-state index in [4.69, 9.17) is 27.9 Å². The van der Waals surface area contributed by atoms with E-state index in [0.717, 1.165) is 17.5 Å². The van der Waals surface area contributed by atoms with Crippen LogP contribution in [0.5, 0.6) is 5.75 Å². The van der Waals surface area contributed by atoms with Crippen LogP contribution in [-0.2, 0) is 16.1 Å². The Morgan fingerprint density at radius 3 is 2.30 bits per heavy atom. The summed E-state index contributed by atoms with van der Waals surface area (Å²) < 4.78 is 5.93. The van der Waals surface area contributed by atoms with Gasteiger partial charge in [0.2, 0.25) is 5.91 Å². The Bertz CT molecular complexity index is 949. The first-order valence-corrected chi connectivity index (χ1v) is 12.2. The highest BCUT2D eigenvalue weighted by Crippen LogP contribution is 2.27. The molecular formula is C26H34Cl2N2O3. The van der Waals surface area contributed by atoms with Gasteiger partial charge in [-0.2, -0.15) is 0 Å². The zero-order valence-electron chi connectivity index (χ0n) is 20.0. The highest BCUT2D eigenvalue weighted by molar-refractivity contribution is 6.42. The Morgan fingerprint density at radius 1 is 1.00 bits per heavy atom. The van der Waals surface area contributed by atoms with E-state index in [1.54, 1.807) is 17.0 Å². The molecule has 0 aliphatic carbocycles. The Labute approximate surface area is 207 Å². The van der Waals surface area contributed by atoms with Crippen LogP contribution in [0.3, 0.4) is 0 Å². The summed E-state index contributed by atoms with van der Waals surface area (Å²) in [5, 5.41) is 3.84. The van der Waals surface area contributed by atoms with Gasteiger partial charge >= 0.3 is 0 Å². The number of amides is 2. The van der Waals surface area contributed by atoms with Crippen molar-refractivity contribution < 1.29 is 14.3 Å². The van der Waals surface area contributed by atoms with Gasteiger partial charge in [0.15, 0.2) is 6.61 Å². The molecule has 0 aromatic heterocycles. The minimum absolute atomic E-state index is 0.0163. The fourth-order valence-corrected chi connectivity index (χ4v) is 3.83. The molecule has 0 fully saturated rings. The van der Waals surface area contributed by atoms with Crippen LogP contribution < -0.4 is 10.1 Å². The van der Waals surface area contributed by atoms with Crippen molar-refractivity contribution in [3.8, 4) is 5.75 Å². The third kappa shape index (κ3) is 7.65. The normalized spacial score (nSPS) is 12.8. The maximum atomic E-state index is 13.4. The fourth-order valence-electron chi connectivity index (χ4n) is 3.51. The lowest BCUT2D eigenvalue weighted by molar-refractivity contribution is -0.143. The Balaban J connectivity index is 2.29. The van der Waals surface area contributed by atoms with Gasteiger partial charge in [-0.05, 0) is 55.0 Å². The Hall–Kier alpha value is -2.24. The van der Waals surface area contributed by atoms with Crippen LogP contribution in [0.25, 0.3) is 0 Å². The molecule has 1 N–H and O–H groups in total. The van der Waals surface area contributed by atoms with Crippen molar-refractivity contribution in [1.82, 2.24) is 10.2 Å². The van der Waals surface area contributed by atoms with E-state index in [2.05, 4.69) is 19.2 Å². The number of para-hydroxylation sites is 1. The summed E-state index contributed by atoms with van der Waals surface area (Å²) in [4.78, 5) is 28.0. The molecule has 0 unspecified atom stereocenters. The van der Waals surface area contributed by atoms with Gasteiger partial charge < -0.3 is 15.0 Å². The number of carbonyl (C=O) groups excluding carboxylic acids is 2. The van der Waals surface area contributed by atoms with Crippen molar-refractivity contribution in [3.05, 3.63) is 63.6 Å². The molecule has 0 spiro atoms. The number of benzene rings is 2. The third-order valence-corrected chi connectivity index (χ3v) is 6.36. The number of hydrogen-bond donors (Lipinski definition) is 1. The molecule has 2 amide bonds. The lowest BCUT2D eigenvalue weighted by atomic mass is 10.0. The lowest BCUT2D eigenvalue weighted by Crippen LogP contribution is -2.51. The summed E-state index contributed by atoms with van der Waals surface area (Å²) in [6.07, 6.45) is 1.27. The molecule has 2 atom stereocenters. The molecule has 0 aliphatic heterocycles. The number of nitrogens with zero attached hydrogens (tertiary/aromatic N) is 1. The predicted octanol–water partition coefficient (Wildman–Crippen LogP) is 6.22. The van der Waals surface area contributed by atoms with Gasteiger partial charge in [0.25, 0.3) is 5.91 Å². The fraction of sp³-hybridized carbons (Fsp3) is 0.462. The number of carbonyl (C=O) groups is 2. The zero-order chi connectivity index (χ0) is 24.5. The first kappa shape index (κ1) is 27.0. The largest absolute Gasteiger partial charge is 0.483 e. The quantitative estimate of drug-likeness (QED) is 0.405. The average Bonchev–Trinajstić information content (AvgIpc) is 2.79. The van der Waals surface area contributed by atoms with E-state index < -0.39 is 6.04 Å². The molecule has 0 bridgehead atoms. The van der Waals surface area contributed by atoms with Gasteiger partial charge in [0, 0.05) is 12.6 Å². The van der Waals surface area contributed by atoms with Gasteiger partial charge in [-0.25, -0.2) is 0 Å². The van der Waals surface area contributed by atoms with Gasteiger partial charge in [-0.1, -0.05) is 75.2 Å². The second kappa shape index (κ2) is 12.9. The van der Waals surface area contributed by atoms with Crippen molar-refractivity contribution in [2.24, 2.45) is 0 Å². The van der Waals surface area contributed by atoms with Crippen molar-refractivity contribution in [2.45, 2.75) is 72.0 Å². The van der Waals surface area contributed by atoms with Crippen molar-refractivity contribution >= 4 is 35.0 Å². The molecule has 2 rings (SSSR count). The standard InChI is InChI=1S/C26H34Cl2N2O3/c1-6-18(5)29-26(32)23(7-2)30(15-19-12-13-21(27)22(28)14-19)25(31)16-33-24-11-9-8-10-20(24)17(3)4/h8-14,17-18,23H,6-7,15-16H2,1-5H3,(H,29,32)/t18-,23+/m1/s1. The molecule has 33 heavy (non-hydrogen) atoms. The van der Waals surface area contributed by atoms with Crippen LogP contribution in [-0.4, -0.2) is 35.4 Å². The maximum absolute atomic E-state index is 13.4. The summed E-state index contributed by atoms with van der Waals surface area (Å²) in [7, 11) is 0. The van der Waals surface area contributed by atoms with Crippen molar-refractivity contribution in [3.63, 3.8) is 0 Å². The highest BCUT2D eigenvalue weighted by atomic mass is 35.5. The van der Waals surface area contributed by atoms with Gasteiger partial charge in [0.05, 0.1) is 10.0 Å². The SMILES string of the molecule is CC[C@@H](C)NC(=O)[C@H](CC)N(Cc1ccc(Cl)c(Cl)c1)C(=O)COc1ccccc1C(C)C. The van der Waals surface area contributed by atoms with E-state index in [9.17, 15) is 9.59 Å². The first-order valence-electron chi connectivity index (χ1n) is 11.4. The van der Waals surface area contributed by atoms with E-state index in [1.807, 2.05) is 51.1 Å². The van der Waals surface area contributed by atoms with Crippen LogP contribution >= 0.6 is 23.2 Å². The van der Waals surface area contributed by atoms with Gasteiger partial charge in [-0.3, -0.25) is 9.59 Å². The van der Waals surface area contributed by atoms with Crippen LogP contribution in [0, 0.1) is 0 Å². The summed E-state index contributed by atoms with van der Waals surface area (Å²) in [6, 6.07) is 12.3. The number of rotatable bonds is 11. The molecule has 7 heteroatoms. The molecule has 0 aliphatic rings. The second-order valence-electron chi connectivity index (χ2n) is 8.49. The van der Waals surface area contributed by atoms with E-state index in [0.29, 0.717) is 22.2 Å². The van der Waals surface area contributed by atoms with E-state index in [-0.39, 0.29) is 36.9 Å². The van der Waals surface area contributed by atoms with Gasteiger partial charge in [0.1, 0.15) is 11.8 Å². The summed E-state index contributed by atoms with van der Waals surface area (Å²) in [5.74, 6) is 0.481. The van der Waals surface area contributed by atoms with E-state index >= 15 is 0 Å². The Morgan fingerprint density at radius 2 is 1.70 bits per heavy atom. The summed E-state index contributed by atoms with van der Waals surface area (Å²) in [5.41, 5.74) is 1.82. The van der Waals surface area contributed by atoms with E-state index in [1.165, 1.54) is 0 Å². The topological polar surface area (TPSA) is 58.6 Å². The number of ether oxygens (including phenoxy) is 1. The molecule has 180 valence electrons. The zero-order valence-corrected chi connectivity index (χ0v) is 21.5. The highest BCUT2D eigenvalue weighted by Gasteiger charge is 2.29. The van der Waals surface area contributed by atoms with Crippen LogP contribution in [0.2, 0.25) is 10.0 Å². The minimum Gasteiger partial charge on any atom is -0.483 e. The van der Waals surface area contributed by atoms with Crippen LogP contribution in [0.1, 0.15) is 64.5 Å². The van der Waals surface area contributed by atoms with Crippen LogP contribution in [0.4, 0.5) is 0 Å². The molecule has 0 saturated carbocycles. The molecular weight excluding hydrogens is 459 g/mol. The number of nitrogens with one attached hydrogen (secondary N) is 1. The second-order valence-corrected chi connectivity index (χ2v) is 9.31. The molecule has 5 nitrogen and oxygen atoms in total. The Kier molecular flexibility index (Phi) is 10.5. The smallest absolute Gasteiger partial charge is 0.261 e. The lowest BCUT2D eigenvalue weighted by Gasteiger charge is -2.31. The summed E-state index contributed by atoms with van der Waals surface area (Å²) in [6.45, 7) is 10.0. The first-order chi connectivity index (χ1) is 15.7. The minimum atomic E-state index is -0.634. The van der Waals surface area contributed by atoms with Crippen molar-refractivity contribution in [2.75, 3.05) is 6.61 Å². The average molecular weight is 493 g/mol. The number of hydrogen-bond acceptors (Lipinski definition) is 3. The maximum Gasteiger partial charge on any atom is 0.261 e. The monoisotopic (exact) mass is 492 g/mol. The molecule has 2 aromatic carbocycles. The number of halogens is 2. The van der Waals surface area contributed by atoms with Gasteiger partial charge in [-0.15, -0.1) is 0 Å². The van der Waals surface area contributed by atoms with Crippen molar-refractivity contribution in [1.29, 1.82) is 0 Å². The summed E-state index contributed by atoms with van der Waals surface area (Å²) >= 11 is 12.2. The molecule has 0 heterocycles. The molecule has 0 saturated heterocycles.